The van der Waals surface area contributed by atoms with Gasteiger partial charge in [0.15, 0.2) is 5.78 Å². The molecule has 0 aliphatic heterocycles. The number of benzene rings is 2. The molecule has 0 spiro atoms. The highest BCUT2D eigenvalue weighted by Crippen LogP contribution is 2.29. The lowest BCUT2D eigenvalue weighted by Crippen LogP contribution is -2.25. The molecule has 224 valence electrons. The summed E-state index contributed by atoms with van der Waals surface area (Å²) in [7, 11) is 2.74. The fourth-order valence-electron chi connectivity index (χ4n) is 5.10. The van der Waals surface area contributed by atoms with Gasteiger partial charge in [0.2, 0.25) is 23.1 Å². The Morgan fingerprint density at radius 3 is 1.93 bits per heavy atom. The predicted molar refractivity (Wildman–Crippen MR) is 161 cm³/mol. The topological polar surface area (TPSA) is 96.0 Å². The van der Waals surface area contributed by atoms with E-state index in [-0.39, 0.29) is 34.8 Å². The first kappa shape index (κ1) is 32.5. The van der Waals surface area contributed by atoms with Crippen molar-refractivity contribution in [2.75, 3.05) is 20.8 Å². The summed E-state index contributed by atoms with van der Waals surface area (Å²) in [6.07, 6.45) is 8.48. The van der Waals surface area contributed by atoms with Gasteiger partial charge in [-0.3, -0.25) is 19.2 Å². The Hall–Kier alpha value is -4.00. The Bertz CT molecular complexity index is 1320. The molecule has 1 atom stereocenters. The summed E-state index contributed by atoms with van der Waals surface area (Å²) in [5, 5.41) is 0. The fourth-order valence-corrected chi connectivity index (χ4v) is 5.10. The van der Waals surface area contributed by atoms with E-state index in [1.54, 1.807) is 44.2 Å². The minimum absolute atomic E-state index is 0.00670. The summed E-state index contributed by atoms with van der Waals surface area (Å²) in [6, 6.07) is 16.3. The number of unbranched alkanes of at least 4 members (excludes halogenated alkanes) is 7. The van der Waals surface area contributed by atoms with Crippen molar-refractivity contribution in [1.82, 2.24) is 0 Å². The van der Waals surface area contributed by atoms with Crippen LogP contribution in [0.2, 0.25) is 0 Å². The largest absolute Gasteiger partial charge is 0.489 e. The molecule has 0 aromatic heterocycles. The second-order valence-corrected chi connectivity index (χ2v) is 10.6. The van der Waals surface area contributed by atoms with Crippen LogP contribution in [0.15, 0.2) is 77.3 Å². The molecule has 0 radical (unpaired) electrons. The molecule has 42 heavy (non-hydrogen) atoms. The van der Waals surface area contributed by atoms with Crippen LogP contribution in [-0.4, -0.2) is 44.1 Å². The van der Waals surface area contributed by atoms with Gasteiger partial charge in [-0.05, 0) is 44.7 Å². The summed E-state index contributed by atoms with van der Waals surface area (Å²) < 4.78 is 15.7. The first-order valence-corrected chi connectivity index (χ1v) is 14.8. The molecule has 0 N–H and O–H groups in total. The molecule has 0 amide bonds. The van der Waals surface area contributed by atoms with Gasteiger partial charge in [0, 0.05) is 22.3 Å². The Labute approximate surface area is 248 Å². The number of ketones is 3. The molecule has 7 heteroatoms. The summed E-state index contributed by atoms with van der Waals surface area (Å²) in [6.45, 7) is 3.86. The van der Waals surface area contributed by atoms with Crippen molar-refractivity contribution in [1.29, 1.82) is 0 Å². The summed E-state index contributed by atoms with van der Waals surface area (Å²) >= 11 is 0. The molecule has 0 unspecified atom stereocenters. The quantitative estimate of drug-likeness (QED) is 0.0865. The highest BCUT2D eigenvalue weighted by Gasteiger charge is 2.34. The third-order valence-electron chi connectivity index (χ3n) is 7.70. The third-order valence-corrected chi connectivity index (χ3v) is 7.70. The van der Waals surface area contributed by atoms with Crippen molar-refractivity contribution >= 4 is 23.3 Å². The van der Waals surface area contributed by atoms with Gasteiger partial charge in [0.25, 0.3) is 0 Å². The molecule has 0 fully saturated rings. The van der Waals surface area contributed by atoms with Crippen LogP contribution in [0.25, 0.3) is 0 Å². The molecule has 1 aliphatic carbocycles. The van der Waals surface area contributed by atoms with Crippen LogP contribution in [0.4, 0.5) is 0 Å². The first-order chi connectivity index (χ1) is 20.3. The van der Waals surface area contributed by atoms with Crippen LogP contribution >= 0.6 is 0 Å². The van der Waals surface area contributed by atoms with Gasteiger partial charge in [-0.1, -0.05) is 87.1 Å². The van der Waals surface area contributed by atoms with Gasteiger partial charge in [-0.15, -0.1) is 0 Å². The van der Waals surface area contributed by atoms with E-state index in [0.717, 1.165) is 56.9 Å². The average Bonchev–Trinajstić information content (AvgIpc) is 3.02. The minimum Gasteiger partial charge on any atom is -0.489 e. The second-order valence-electron chi connectivity index (χ2n) is 10.6. The maximum absolute atomic E-state index is 12.8. The van der Waals surface area contributed by atoms with Crippen molar-refractivity contribution in [3.05, 3.63) is 94.0 Å². The molecular formula is C35H42O7. The van der Waals surface area contributed by atoms with Crippen LogP contribution in [0.5, 0.6) is 0 Å². The first-order valence-electron chi connectivity index (χ1n) is 14.8. The Kier molecular flexibility index (Phi) is 12.7. The van der Waals surface area contributed by atoms with E-state index in [0.29, 0.717) is 35.3 Å². The van der Waals surface area contributed by atoms with Crippen molar-refractivity contribution in [3.63, 3.8) is 0 Å². The van der Waals surface area contributed by atoms with E-state index in [1.807, 2.05) is 24.3 Å². The van der Waals surface area contributed by atoms with Gasteiger partial charge < -0.3 is 14.2 Å². The maximum atomic E-state index is 12.8. The SMILES string of the molecule is COC1=C(OC)C(=O)C(CCCCCCCCCCOC(=O)[C@@H](C)c2cccc(C(=O)c3ccccc3)c2)=C(C)C1=O. The number of carbonyl (C=O) groups is 4. The Balaban J connectivity index is 1.28. The average molecular weight is 575 g/mol. The van der Waals surface area contributed by atoms with Crippen LogP contribution in [0, 0.1) is 0 Å². The smallest absolute Gasteiger partial charge is 0.313 e. The van der Waals surface area contributed by atoms with Crippen LogP contribution in [-0.2, 0) is 28.6 Å². The molecule has 3 rings (SSSR count). The Morgan fingerprint density at radius 2 is 1.29 bits per heavy atom. The standard InChI is InChI=1S/C35H42O7/c1-24(27-19-16-20-28(23-27)31(37)26-17-12-11-13-18-26)35(39)42-22-15-10-8-6-5-7-9-14-21-29-25(2)30(36)33(40-3)34(41-4)32(29)38/h11-13,16-20,23-24H,5-10,14-15,21-22H2,1-4H3/t24-/m0/s1. The van der Waals surface area contributed by atoms with Crippen molar-refractivity contribution in [2.24, 2.45) is 0 Å². The molecule has 0 saturated carbocycles. The number of methoxy groups -OCH3 is 2. The Morgan fingerprint density at radius 1 is 0.714 bits per heavy atom. The lowest BCUT2D eigenvalue weighted by Gasteiger charge is -2.20. The molecular weight excluding hydrogens is 532 g/mol. The molecule has 2 aromatic rings. The molecule has 1 aliphatic rings. The van der Waals surface area contributed by atoms with Crippen molar-refractivity contribution < 1.29 is 33.4 Å². The number of hydrogen-bond acceptors (Lipinski definition) is 7. The molecule has 0 heterocycles. The number of carbonyl (C=O) groups excluding carboxylic acids is 4. The number of allylic oxidation sites excluding steroid dienone is 2. The zero-order valence-electron chi connectivity index (χ0n) is 25.2. The van der Waals surface area contributed by atoms with E-state index < -0.39 is 5.92 Å². The zero-order chi connectivity index (χ0) is 30.5. The van der Waals surface area contributed by atoms with E-state index >= 15 is 0 Å². The number of hydrogen-bond donors (Lipinski definition) is 0. The third kappa shape index (κ3) is 8.51. The zero-order valence-corrected chi connectivity index (χ0v) is 25.2. The summed E-state index contributed by atoms with van der Waals surface area (Å²) in [4.78, 5) is 50.5. The summed E-state index contributed by atoms with van der Waals surface area (Å²) in [5.41, 5.74) is 2.91. The van der Waals surface area contributed by atoms with Gasteiger partial charge in [-0.2, -0.15) is 0 Å². The maximum Gasteiger partial charge on any atom is 0.313 e. The van der Waals surface area contributed by atoms with Crippen LogP contribution < -0.4 is 0 Å². The van der Waals surface area contributed by atoms with E-state index in [2.05, 4.69) is 0 Å². The number of Topliss-reactive ketones (excluding diaryl/α,β-unsaturated/α-hetero) is 2. The fraction of sp³-hybridized carbons (Fsp3) is 0.429. The molecule has 2 aromatic carbocycles. The van der Waals surface area contributed by atoms with Crippen molar-refractivity contribution in [2.45, 2.75) is 77.6 Å². The van der Waals surface area contributed by atoms with Crippen molar-refractivity contribution in [3.8, 4) is 0 Å². The molecule has 0 saturated heterocycles. The molecule has 7 nitrogen and oxygen atoms in total. The van der Waals surface area contributed by atoms with E-state index in [1.165, 1.54) is 14.2 Å². The minimum atomic E-state index is -0.450. The van der Waals surface area contributed by atoms with Gasteiger partial charge >= 0.3 is 5.97 Å². The lowest BCUT2D eigenvalue weighted by atomic mass is 9.89. The monoisotopic (exact) mass is 574 g/mol. The number of esters is 1. The second kappa shape index (κ2) is 16.4. The van der Waals surface area contributed by atoms with Crippen LogP contribution in [0.1, 0.15) is 99.0 Å². The van der Waals surface area contributed by atoms with E-state index in [9.17, 15) is 19.2 Å². The van der Waals surface area contributed by atoms with Gasteiger partial charge in [-0.25, -0.2) is 0 Å². The van der Waals surface area contributed by atoms with Gasteiger partial charge in [0.1, 0.15) is 0 Å². The van der Waals surface area contributed by atoms with Crippen LogP contribution in [0.3, 0.4) is 0 Å². The lowest BCUT2D eigenvalue weighted by molar-refractivity contribution is -0.145. The number of ether oxygens (including phenoxy) is 3. The predicted octanol–water partition coefficient (Wildman–Crippen LogP) is 7.05. The number of rotatable bonds is 17. The van der Waals surface area contributed by atoms with Gasteiger partial charge in [0.05, 0.1) is 26.7 Å². The summed E-state index contributed by atoms with van der Waals surface area (Å²) in [5.74, 6) is -1.37. The highest BCUT2D eigenvalue weighted by atomic mass is 16.5. The molecule has 0 bridgehead atoms. The normalized spacial score (nSPS) is 14.2. The highest BCUT2D eigenvalue weighted by molar-refractivity contribution is 6.23. The van der Waals surface area contributed by atoms with E-state index in [4.69, 9.17) is 14.2 Å².